The smallest absolute Gasteiger partial charge is 0.174 e. The van der Waals surface area contributed by atoms with Crippen molar-refractivity contribution in [2.45, 2.75) is 6.92 Å². The van der Waals surface area contributed by atoms with Crippen LogP contribution < -0.4 is 5.73 Å². The summed E-state index contributed by atoms with van der Waals surface area (Å²) < 4.78 is 18.7. The van der Waals surface area contributed by atoms with Gasteiger partial charge < -0.3 is 10.3 Å². The Morgan fingerprint density at radius 1 is 1.04 bits per heavy atom. The molecule has 0 aliphatic carbocycles. The van der Waals surface area contributed by atoms with E-state index in [9.17, 15) is 4.39 Å². The number of anilines is 1. The van der Waals surface area contributed by atoms with Gasteiger partial charge in [0.15, 0.2) is 11.4 Å². The van der Waals surface area contributed by atoms with Gasteiger partial charge in [-0.2, -0.15) is 0 Å². The zero-order valence-corrected chi connectivity index (χ0v) is 13.0. The van der Waals surface area contributed by atoms with E-state index in [-0.39, 0.29) is 5.82 Å². The molecular formula is C19H14FN3O. The van der Waals surface area contributed by atoms with Gasteiger partial charge in [-0.15, -0.1) is 0 Å². The minimum atomic E-state index is -0.227. The molecule has 2 aromatic carbocycles. The Morgan fingerprint density at radius 2 is 1.88 bits per heavy atom. The van der Waals surface area contributed by atoms with E-state index in [0.29, 0.717) is 17.0 Å². The average Bonchev–Trinajstić information content (AvgIpc) is 2.98. The molecule has 0 amide bonds. The Hall–Kier alpha value is -3.21. The highest BCUT2D eigenvalue weighted by Gasteiger charge is 2.12. The molecule has 4 aromatic rings. The fraction of sp³-hybridized carbons (Fsp3) is 0.0526. The van der Waals surface area contributed by atoms with Gasteiger partial charge in [0.25, 0.3) is 0 Å². The molecule has 2 heterocycles. The number of fused-ring (bicyclic) bond motifs is 1. The maximum atomic E-state index is 13.6. The minimum Gasteiger partial charge on any atom is -0.380 e. The highest BCUT2D eigenvalue weighted by atomic mass is 19.1. The maximum Gasteiger partial charge on any atom is 0.174 e. The van der Waals surface area contributed by atoms with E-state index in [1.807, 2.05) is 30.3 Å². The number of benzene rings is 2. The first-order valence-electron chi connectivity index (χ1n) is 7.50. The molecule has 0 radical (unpaired) electrons. The van der Waals surface area contributed by atoms with Gasteiger partial charge in [-0.05, 0) is 54.4 Å². The summed E-state index contributed by atoms with van der Waals surface area (Å²) in [5.41, 5.74) is 10.6. The van der Waals surface area contributed by atoms with Gasteiger partial charge in [0.05, 0.1) is 11.1 Å². The number of nitrogens with two attached hydrogens (primary N) is 1. The Kier molecular flexibility index (Phi) is 3.27. The van der Waals surface area contributed by atoms with Crippen molar-refractivity contribution in [3.63, 3.8) is 0 Å². The Labute approximate surface area is 137 Å². The number of hydrogen-bond acceptors (Lipinski definition) is 4. The quantitative estimate of drug-likeness (QED) is 0.587. The molecule has 4 rings (SSSR count). The lowest BCUT2D eigenvalue weighted by Crippen LogP contribution is -1.91. The lowest BCUT2D eigenvalue weighted by atomic mass is 9.97. The van der Waals surface area contributed by atoms with Gasteiger partial charge in [-0.1, -0.05) is 17.3 Å². The van der Waals surface area contributed by atoms with Crippen LogP contribution in [0.2, 0.25) is 0 Å². The van der Waals surface area contributed by atoms with Gasteiger partial charge in [0, 0.05) is 17.3 Å². The highest BCUT2D eigenvalue weighted by molar-refractivity contribution is 5.92. The number of hydrogen-bond donors (Lipinski definition) is 1. The minimum absolute atomic E-state index is 0.227. The number of nitrogens with zero attached hydrogens (tertiary/aromatic N) is 2. The van der Waals surface area contributed by atoms with Gasteiger partial charge in [0.2, 0.25) is 0 Å². The topological polar surface area (TPSA) is 64.9 Å². The fourth-order valence-electron chi connectivity index (χ4n) is 2.79. The van der Waals surface area contributed by atoms with Crippen molar-refractivity contribution in [1.29, 1.82) is 0 Å². The summed E-state index contributed by atoms with van der Waals surface area (Å²) >= 11 is 0. The van der Waals surface area contributed by atoms with Crippen LogP contribution >= 0.6 is 0 Å². The predicted octanol–water partition coefficient (Wildman–Crippen LogP) is 4.59. The predicted molar refractivity (Wildman–Crippen MR) is 91.8 cm³/mol. The van der Waals surface area contributed by atoms with E-state index >= 15 is 0 Å². The molecular weight excluding hydrogens is 305 g/mol. The number of rotatable bonds is 2. The van der Waals surface area contributed by atoms with Crippen molar-refractivity contribution in [3.8, 4) is 22.4 Å². The van der Waals surface area contributed by atoms with Crippen LogP contribution in [0.25, 0.3) is 33.4 Å². The summed E-state index contributed by atoms with van der Waals surface area (Å²) in [7, 11) is 0. The van der Waals surface area contributed by atoms with E-state index in [1.165, 1.54) is 6.07 Å². The molecule has 0 spiro atoms. The van der Waals surface area contributed by atoms with E-state index in [4.69, 9.17) is 10.3 Å². The third kappa shape index (κ3) is 2.31. The zero-order chi connectivity index (χ0) is 16.7. The van der Waals surface area contributed by atoms with Crippen LogP contribution in [-0.4, -0.2) is 10.1 Å². The molecule has 0 aliphatic rings. The molecule has 0 aliphatic heterocycles. The zero-order valence-electron chi connectivity index (χ0n) is 13.0. The second kappa shape index (κ2) is 5.45. The van der Waals surface area contributed by atoms with Crippen LogP contribution in [0.5, 0.6) is 0 Å². The summed E-state index contributed by atoms with van der Waals surface area (Å²) in [6.45, 7) is 1.74. The molecule has 24 heavy (non-hydrogen) atoms. The summed E-state index contributed by atoms with van der Waals surface area (Å²) in [5, 5.41) is 4.54. The van der Waals surface area contributed by atoms with Gasteiger partial charge in [-0.25, -0.2) is 4.39 Å². The van der Waals surface area contributed by atoms with Crippen LogP contribution in [0.4, 0.5) is 10.2 Å². The van der Waals surface area contributed by atoms with E-state index in [0.717, 1.165) is 27.8 Å². The molecule has 0 fully saturated rings. The Balaban J connectivity index is 1.91. The lowest BCUT2D eigenvalue weighted by Gasteiger charge is -2.10. The number of halogens is 1. The summed E-state index contributed by atoms with van der Waals surface area (Å²) in [5.74, 6) is 0.129. The first-order valence-corrected chi connectivity index (χ1v) is 7.50. The van der Waals surface area contributed by atoms with Crippen molar-refractivity contribution >= 4 is 16.8 Å². The molecule has 0 saturated heterocycles. The lowest BCUT2D eigenvalue weighted by molar-refractivity contribution is 0.460. The van der Waals surface area contributed by atoms with Crippen LogP contribution in [0, 0.1) is 12.7 Å². The first-order chi connectivity index (χ1) is 11.6. The SMILES string of the molecule is Cc1cc(-c2ncccc2-c2ccc3onc(N)c3c2)ccc1F. The van der Waals surface area contributed by atoms with E-state index in [1.54, 1.807) is 25.3 Å². The normalized spacial score (nSPS) is 11.1. The number of aryl methyl sites for hydroxylation is 1. The van der Waals surface area contributed by atoms with Gasteiger partial charge in [0.1, 0.15) is 5.82 Å². The maximum absolute atomic E-state index is 13.6. The molecule has 5 heteroatoms. The number of pyridine rings is 1. The van der Waals surface area contributed by atoms with Crippen LogP contribution in [0.15, 0.2) is 59.3 Å². The summed E-state index contributed by atoms with van der Waals surface area (Å²) in [4.78, 5) is 4.49. The molecule has 0 bridgehead atoms. The largest absolute Gasteiger partial charge is 0.380 e. The number of nitrogen functional groups attached to an aromatic ring is 1. The monoisotopic (exact) mass is 319 g/mol. The molecule has 0 unspecified atom stereocenters. The molecule has 118 valence electrons. The molecule has 0 saturated carbocycles. The van der Waals surface area contributed by atoms with Crippen LogP contribution in [0.3, 0.4) is 0 Å². The van der Waals surface area contributed by atoms with E-state index < -0.39 is 0 Å². The van der Waals surface area contributed by atoms with Crippen molar-refractivity contribution in [2.75, 3.05) is 5.73 Å². The first kappa shape index (κ1) is 14.4. The summed E-state index contributed by atoms with van der Waals surface area (Å²) in [6.07, 6.45) is 1.73. The second-order valence-electron chi connectivity index (χ2n) is 5.64. The molecule has 0 atom stereocenters. The third-order valence-corrected chi connectivity index (χ3v) is 4.05. The van der Waals surface area contributed by atoms with Crippen molar-refractivity contribution < 1.29 is 8.91 Å². The van der Waals surface area contributed by atoms with Gasteiger partial charge in [-0.3, -0.25) is 4.98 Å². The van der Waals surface area contributed by atoms with E-state index in [2.05, 4.69) is 10.1 Å². The molecule has 4 nitrogen and oxygen atoms in total. The third-order valence-electron chi connectivity index (χ3n) is 4.05. The Morgan fingerprint density at radius 3 is 2.71 bits per heavy atom. The van der Waals surface area contributed by atoms with Crippen molar-refractivity contribution in [2.24, 2.45) is 0 Å². The summed E-state index contributed by atoms with van der Waals surface area (Å²) in [6, 6.07) is 14.5. The second-order valence-corrected chi connectivity index (χ2v) is 5.64. The standard InChI is InChI=1S/C19H14FN3O/c1-11-9-13(4-6-16(11)20)18-14(3-2-8-22-18)12-5-7-17-15(10-12)19(21)23-24-17/h2-10H,1H3,(H2,21,23). The van der Waals surface area contributed by atoms with Gasteiger partial charge >= 0.3 is 0 Å². The van der Waals surface area contributed by atoms with Crippen molar-refractivity contribution in [3.05, 3.63) is 66.1 Å². The average molecular weight is 319 g/mol. The highest BCUT2D eigenvalue weighted by Crippen LogP contribution is 2.33. The Bertz CT molecular complexity index is 1060. The van der Waals surface area contributed by atoms with Crippen LogP contribution in [-0.2, 0) is 0 Å². The molecule has 2 N–H and O–H groups in total. The molecule has 2 aromatic heterocycles. The van der Waals surface area contributed by atoms with Crippen molar-refractivity contribution in [1.82, 2.24) is 10.1 Å². The fourth-order valence-corrected chi connectivity index (χ4v) is 2.79. The van der Waals surface area contributed by atoms with Crippen LogP contribution in [0.1, 0.15) is 5.56 Å². The number of aromatic nitrogens is 2.